The normalized spacial score (nSPS) is 10.9. The van der Waals surface area contributed by atoms with E-state index in [-0.39, 0.29) is 22.0 Å². The Kier molecular flexibility index (Phi) is 6.94. The average molecular weight is 516 g/mol. The van der Waals surface area contributed by atoms with Crippen molar-refractivity contribution >= 4 is 61.3 Å². The maximum absolute atomic E-state index is 14.6. The SMILES string of the molecule is C=[S-](=O)NC(=O)c1cc2nccc(Oc3ccc(NC(=O)Nc4cc(C)ccc4F)c(F)c3)c2s1. The molecule has 4 aromatic rings. The van der Waals surface area contributed by atoms with E-state index in [1.165, 1.54) is 36.5 Å². The molecule has 35 heavy (non-hydrogen) atoms. The zero-order valence-corrected chi connectivity index (χ0v) is 19.7. The lowest BCUT2D eigenvalue weighted by atomic mass is 10.2. The number of anilines is 2. The molecule has 0 aliphatic carbocycles. The highest BCUT2D eigenvalue weighted by atomic mass is 32.2. The summed E-state index contributed by atoms with van der Waals surface area (Å²) in [5.74, 6) is 1.69. The first kappa shape index (κ1) is 24.1. The van der Waals surface area contributed by atoms with Gasteiger partial charge in [0.2, 0.25) is 5.91 Å². The fraction of sp³-hybridized carbons (Fsp3) is 0.0435. The standard InChI is InChI=1S/C23H17F2N4O4S2/c1-12-3-5-14(24)17(9-12)28-23(31)27-16-6-4-13(10-15(16)25)33-19-7-8-26-18-11-20(34-21(18)19)22(30)29-35(2)32/h3-11H,2H2,1H3,(H2,27,28,31)(H,29,30,32)/q-1. The number of thiophene rings is 1. The second kappa shape index (κ2) is 10.1. The van der Waals surface area contributed by atoms with Crippen molar-refractivity contribution in [3.05, 3.63) is 76.8 Å². The van der Waals surface area contributed by atoms with Gasteiger partial charge in [0.05, 0.1) is 26.5 Å². The third-order valence-corrected chi connectivity index (χ3v) is 6.14. The van der Waals surface area contributed by atoms with Crippen LogP contribution in [0.2, 0.25) is 0 Å². The summed E-state index contributed by atoms with van der Waals surface area (Å²) in [4.78, 5) is 28.7. The summed E-state index contributed by atoms with van der Waals surface area (Å²) in [6, 6.07) is 10.3. The van der Waals surface area contributed by atoms with Gasteiger partial charge in [0.25, 0.3) is 0 Å². The minimum atomic E-state index is -1.77. The molecule has 4 rings (SSSR count). The second-order valence-electron chi connectivity index (χ2n) is 7.22. The van der Waals surface area contributed by atoms with Crippen LogP contribution in [0.1, 0.15) is 15.2 Å². The van der Waals surface area contributed by atoms with Gasteiger partial charge in [0.15, 0.2) is 0 Å². The molecule has 0 atom stereocenters. The van der Waals surface area contributed by atoms with Gasteiger partial charge in [0.1, 0.15) is 23.1 Å². The van der Waals surface area contributed by atoms with Gasteiger partial charge in [-0.25, -0.2) is 13.6 Å². The Morgan fingerprint density at radius 3 is 2.54 bits per heavy atom. The Balaban J connectivity index is 1.50. The van der Waals surface area contributed by atoms with Gasteiger partial charge in [-0.15, -0.1) is 11.3 Å². The van der Waals surface area contributed by atoms with Crippen LogP contribution in [-0.2, 0) is 14.8 Å². The number of pyridine rings is 1. The summed E-state index contributed by atoms with van der Waals surface area (Å²) in [7, 11) is -1.77. The summed E-state index contributed by atoms with van der Waals surface area (Å²) in [5.41, 5.74) is 1.04. The monoisotopic (exact) mass is 515 g/mol. The van der Waals surface area contributed by atoms with Crippen molar-refractivity contribution in [3.8, 4) is 11.5 Å². The molecule has 0 aliphatic rings. The van der Waals surface area contributed by atoms with E-state index < -0.39 is 34.1 Å². The van der Waals surface area contributed by atoms with Gasteiger partial charge < -0.3 is 24.3 Å². The van der Waals surface area contributed by atoms with Crippen molar-refractivity contribution in [2.45, 2.75) is 6.92 Å². The van der Waals surface area contributed by atoms with Crippen LogP contribution in [0.4, 0.5) is 25.0 Å². The molecule has 3 amide bonds. The molecule has 180 valence electrons. The number of amides is 3. The zero-order chi connectivity index (χ0) is 25.1. The second-order valence-corrected chi connectivity index (χ2v) is 9.16. The van der Waals surface area contributed by atoms with E-state index in [0.717, 1.165) is 23.0 Å². The van der Waals surface area contributed by atoms with Gasteiger partial charge in [-0.3, -0.25) is 9.78 Å². The number of fused-ring (bicyclic) bond motifs is 1. The molecule has 2 aromatic heterocycles. The highest BCUT2D eigenvalue weighted by Gasteiger charge is 2.15. The largest absolute Gasteiger partial charge is 0.456 e. The Morgan fingerprint density at radius 2 is 1.80 bits per heavy atom. The molecule has 0 aliphatic heterocycles. The number of ether oxygens (including phenoxy) is 1. The van der Waals surface area contributed by atoms with E-state index >= 15 is 0 Å². The molecule has 0 unspecified atom stereocenters. The lowest BCUT2D eigenvalue weighted by Crippen LogP contribution is -2.20. The lowest BCUT2D eigenvalue weighted by molar-refractivity contribution is 0.0987. The highest BCUT2D eigenvalue weighted by molar-refractivity contribution is 7.81. The molecule has 8 nitrogen and oxygen atoms in total. The van der Waals surface area contributed by atoms with Crippen molar-refractivity contribution in [2.24, 2.45) is 0 Å². The molecular weight excluding hydrogens is 498 g/mol. The lowest BCUT2D eigenvalue weighted by Gasteiger charge is -2.11. The minimum Gasteiger partial charge on any atom is -0.456 e. The van der Waals surface area contributed by atoms with Crippen LogP contribution in [0.15, 0.2) is 54.7 Å². The van der Waals surface area contributed by atoms with E-state index in [0.29, 0.717) is 16.0 Å². The Labute approximate surface area is 204 Å². The van der Waals surface area contributed by atoms with E-state index in [1.54, 1.807) is 19.1 Å². The summed E-state index contributed by atoms with van der Waals surface area (Å²) in [5, 5.41) is 4.67. The van der Waals surface area contributed by atoms with Crippen LogP contribution in [0.5, 0.6) is 11.5 Å². The fourth-order valence-corrected chi connectivity index (χ4v) is 4.40. The predicted molar refractivity (Wildman–Crippen MR) is 133 cm³/mol. The fourth-order valence-electron chi connectivity index (χ4n) is 3.06. The Morgan fingerprint density at radius 1 is 1.03 bits per heavy atom. The van der Waals surface area contributed by atoms with Crippen LogP contribution in [0.25, 0.3) is 10.2 Å². The molecular formula is C23H17F2N4O4S2-. The molecule has 0 bridgehead atoms. The number of rotatable bonds is 6. The van der Waals surface area contributed by atoms with Crippen molar-refractivity contribution in [2.75, 3.05) is 10.6 Å². The number of benzene rings is 2. The van der Waals surface area contributed by atoms with Crippen molar-refractivity contribution < 1.29 is 27.3 Å². The van der Waals surface area contributed by atoms with E-state index in [4.69, 9.17) is 4.74 Å². The summed E-state index contributed by atoms with van der Waals surface area (Å²) in [6.45, 7) is 1.74. The van der Waals surface area contributed by atoms with E-state index in [2.05, 4.69) is 26.2 Å². The molecule has 2 heterocycles. The molecule has 2 aromatic carbocycles. The number of halogens is 2. The Hall–Kier alpha value is -4.03. The maximum Gasteiger partial charge on any atom is 0.323 e. The molecule has 0 saturated carbocycles. The summed E-state index contributed by atoms with van der Waals surface area (Å²) >= 11 is 1.06. The first-order valence-electron chi connectivity index (χ1n) is 9.92. The van der Waals surface area contributed by atoms with Crippen LogP contribution in [0.3, 0.4) is 0 Å². The van der Waals surface area contributed by atoms with E-state index in [1.807, 2.05) is 0 Å². The quantitative estimate of drug-likeness (QED) is 0.237. The van der Waals surface area contributed by atoms with Crippen molar-refractivity contribution in [1.82, 2.24) is 9.71 Å². The number of hydrogen-bond donors (Lipinski definition) is 3. The molecule has 0 saturated heterocycles. The zero-order valence-electron chi connectivity index (χ0n) is 18.1. The van der Waals surface area contributed by atoms with Crippen LogP contribution >= 0.6 is 11.3 Å². The first-order chi connectivity index (χ1) is 16.7. The van der Waals surface area contributed by atoms with Crippen molar-refractivity contribution in [3.63, 3.8) is 0 Å². The molecule has 0 radical (unpaired) electrons. The van der Waals surface area contributed by atoms with Gasteiger partial charge in [-0.2, -0.15) is 16.4 Å². The van der Waals surface area contributed by atoms with E-state index in [9.17, 15) is 22.6 Å². The number of nitrogens with zero attached hydrogens (tertiary/aromatic N) is 1. The average Bonchev–Trinajstić information content (AvgIpc) is 3.23. The smallest absolute Gasteiger partial charge is 0.323 e. The van der Waals surface area contributed by atoms with Crippen molar-refractivity contribution in [1.29, 1.82) is 0 Å². The van der Waals surface area contributed by atoms with Crippen LogP contribution in [0, 0.1) is 18.6 Å². The van der Waals surface area contributed by atoms with Crippen LogP contribution < -0.4 is 20.1 Å². The number of carbonyl (C=O) groups excluding carboxylic acids is 2. The number of hydrogen-bond acceptors (Lipinski definition) is 7. The molecule has 0 fully saturated rings. The summed E-state index contributed by atoms with van der Waals surface area (Å²) < 4.78 is 48.1. The topological polar surface area (TPSA) is 109 Å². The maximum atomic E-state index is 14.6. The minimum absolute atomic E-state index is 0.0324. The van der Waals surface area contributed by atoms with Crippen LogP contribution in [-0.4, -0.2) is 22.8 Å². The summed E-state index contributed by atoms with van der Waals surface area (Å²) in [6.07, 6.45) is 1.46. The van der Waals surface area contributed by atoms with Gasteiger partial charge in [-0.1, -0.05) is 6.07 Å². The Bertz CT molecular complexity index is 1530. The first-order valence-corrected chi connectivity index (χ1v) is 12.1. The number of urea groups is 1. The molecule has 3 N–H and O–H groups in total. The van der Waals surface area contributed by atoms with Gasteiger partial charge in [-0.05, 0) is 42.8 Å². The van der Waals surface area contributed by atoms with Gasteiger partial charge >= 0.3 is 6.03 Å². The third kappa shape index (κ3) is 5.73. The predicted octanol–water partition coefficient (Wildman–Crippen LogP) is 5.36. The number of carbonyl (C=O) groups is 2. The highest BCUT2D eigenvalue weighted by Crippen LogP contribution is 2.35. The number of aryl methyl sites for hydroxylation is 1. The number of nitrogens with one attached hydrogen (secondary N) is 3. The number of aromatic nitrogens is 1. The van der Waals surface area contributed by atoms with Gasteiger partial charge in [0, 0.05) is 18.3 Å². The molecule has 0 spiro atoms. The molecule has 12 heteroatoms. The third-order valence-electron chi connectivity index (χ3n) is 4.59.